The molecule has 0 radical (unpaired) electrons. The number of amides is 1. The Morgan fingerprint density at radius 3 is 2.81 bits per heavy atom. The Labute approximate surface area is 95.3 Å². The summed E-state index contributed by atoms with van der Waals surface area (Å²) in [6, 6.07) is 5.44. The van der Waals surface area contributed by atoms with Gasteiger partial charge in [-0.3, -0.25) is 9.78 Å². The van der Waals surface area contributed by atoms with Crippen LogP contribution in [0.1, 0.15) is 35.1 Å². The maximum absolute atomic E-state index is 11.8. The van der Waals surface area contributed by atoms with Gasteiger partial charge in [-0.2, -0.15) is 5.26 Å². The number of nitrogens with one attached hydrogen (secondary N) is 1. The lowest BCUT2D eigenvalue weighted by Gasteiger charge is -2.11. The number of carbonyl (C=O) groups is 1. The summed E-state index contributed by atoms with van der Waals surface area (Å²) in [7, 11) is 0. The molecule has 1 heterocycles. The molecule has 4 heteroatoms. The number of pyridine rings is 1. The van der Waals surface area contributed by atoms with E-state index in [9.17, 15) is 4.79 Å². The van der Waals surface area contributed by atoms with Crippen molar-refractivity contribution in [1.29, 1.82) is 5.26 Å². The van der Waals surface area contributed by atoms with Crippen LogP contribution in [0, 0.1) is 25.2 Å². The van der Waals surface area contributed by atoms with E-state index in [-0.39, 0.29) is 11.9 Å². The summed E-state index contributed by atoms with van der Waals surface area (Å²) >= 11 is 0. The van der Waals surface area contributed by atoms with Gasteiger partial charge in [0.1, 0.15) is 0 Å². The highest BCUT2D eigenvalue weighted by Gasteiger charge is 2.12. The van der Waals surface area contributed by atoms with Gasteiger partial charge in [0.05, 0.1) is 23.7 Å². The molecule has 0 saturated heterocycles. The van der Waals surface area contributed by atoms with Gasteiger partial charge in [0.2, 0.25) is 0 Å². The molecule has 1 unspecified atom stereocenters. The number of carbonyl (C=O) groups excluding carboxylic acids is 1. The first kappa shape index (κ1) is 12.2. The smallest absolute Gasteiger partial charge is 0.253 e. The van der Waals surface area contributed by atoms with Crippen LogP contribution >= 0.6 is 0 Å². The van der Waals surface area contributed by atoms with Crippen molar-refractivity contribution in [2.75, 3.05) is 0 Å². The van der Waals surface area contributed by atoms with Gasteiger partial charge >= 0.3 is 0 Å². The Balaban J connectivity index is 2.78. The van der Waals surface area contributed by atoms with Gasteiger partial charge in [-0.25, -0.2) is 0 Å². The Bertz CT molecular complexity index is 434. The van der Waals surface area contributed by atoms with Gasteiger partial charge in [-0.05, 0) is 32.9 Å². The van der Waals surface area contributed by atoms with Crippen LogP contribution in [-0.4, -0.2) is 16.9 Å². The SMILES string of the molecule is Cc1ccc(C(=O)NC(C)CC#N)c(C)n1. The molecule has 1 amide bonds. The number of nitrogens with zero attached hydrogens (tertiary/aromatic N) is 2. The van der Waals surface area contributed by atoms with Gasteiger partial charge in [0.25, 0.3) is 5.91 Å². The van der Waals surface area contributed by atoms with Gasteiger partial charge < -0.3 is 5.32 Å². The molecule has 0 aromatic carbocycles. The van der Waals surface area contributed by atoms with E-state index in [2.05, 4.69) is 10.3 Å². The highest BCUT2D eigenvalue weighted by molar-refractivity contribution is 5.95. The van der Waals surface area contributed by atoms with E-state index in [1.165, 1.54) is 0 Å². The van der Waals surface area contributed by atoms with Crippen LogP contribution in [0.15, 0.2) is 12.1 Å². The number of aromatic nitrogens is 1. The molecule has 84 valence electrons. The largest absolute Gasteiger partial charge is 0.348 e. The lowest BCUT2D eigenvalue weighted by atomic mass is 10.1. The molecule has 0 spiro atoms. The normalized spacial score (nSPS) is 11.6. The molecule has 0 saturated carbocycles. The molecule has 4 nitrogen and oxygen atoms in total. The first-order valence-corrected chi connectivity index (χ1v) is 5.16. The number of aryl methyl sites for hydroxylation is 2. The van der Waals surface area contributed by atoms with Crippen LogP contribution < -0.4 is 5.32 Å². The minimum Gasteiger partial charge on any atom is -0.348 e. The number of hydrogen-bond donors (Lipinski definition) is 1. The molecular weight excluding hydrogens is 202 g/mol. The van der Waals surface area contributed by atoms with E-state index in [1.54, 1.807) is 26.0 Å². The van der Waals surface area contributed by atoms with Gasteiger partial charge in [-0.1, -0.05) is 0 Å². The second-order valence-corrected chi connectivity index (χ2v) is 3.82. The first-order chi connectivity index (χ1) is 7.54. The minimum absolute atomic E-state index is 0.141. The quantitative estimate of drug-likeness (QED) is 0.838. The van der Waals surface area contributed by atoms with Crippen LogP contribution in [0.5, 0.6) is 0 Å². The second kappa shape index (κ2) is 5.26. The topological polar surface area (TPSA) is 65.8 Å². The van der Waals surface area contributed by atoms with E-state index in [0.29, 0.717) is 17.7 Å². The Hall–Kier alpha value is -1.89. The zero-order valence-electron chi connectivity index (χ0n) is 9.74. The number of hydrogen-bond acceptors (Lipinski definition) is 3. The van der Waals surface area contributed by atoms with Crippen molar-refractivity contribution >= 4 is 5.91 Å². The molecule has 0 aliphatic carbocycles. The summed E-state index contributed by atoms with van der Waals surface area (Å²) in [4.78, 5) is 16.0. The van der Waals surface area contributed by atoms with Gasteiger partial charge in [0, 0.05) is 11.7 Å². The number of nitriles is 1. The molecule has 0 bridgehead atoms. The van der Waals surface area contributed by atoms with E-state index in [4.69, 9.17) is 5.26 Å². The maximum atomic E-state index is 11.8. The standard InChI is InChI=1S/C12H15N3O/c1-8-4-5-11(10(3)14-8)12(16)15-9(2)6-7-13/h4-5,9H,6H2,1-3H3,(H,15,16). The molecule has 1 N–H and O–H groups in total. The van der Waals surface area contributed by atoms with Crippen LogP contribution in [0.25, 0.3) is 0 Å². The molecule has 0 fully saturated rings. The summed E-state index contributed by atoms with van der Waals surface area (Å²) in [6.45, 7) is 5.49. The summed E-state index contributed by atoms with van der Waals surface area (Å²) in [6.07, 6.45) is 0.310. The predicted molar refractivity (Wildman–Crippen MR) is 60.9 cm³/mol. The highest BCUT2D eigenvalue weighted by Crippen LogP contribution is 2.06. The van der Waals surface area contributed by atoms with Crippen LogP contribution in [0.4, 0.5) is 0 Å². The third-order valence-corrected chi connectivity index (χ3v) is 2.24. The van der Waals surface area contributed by atoms with Crippen molar-refractivity contribution in [3.63, 3.8) is 0 Å². The van der Waals surface area contributed by atoms with Crippen molar-refractivity contribution in [2.45, 2.75) is 33.2 Å². The van der Waals surface area contributed by atoms with E-state index in [0.717, 1.165) is 5.69 Å². The van der Waals surface area contributed by atoms with Crippen molar-refractivity contribution in [2.24, 2.45) is 0 Å². The van der Waals surface area contributed by atoms with Crippen LogP contribution in [0.2, 0.25) is 0 Å². The zero-order chi connectivity index (χ0) is 12.1. The first-order valence-electron chi connectivity index (χ1n) is 5.16. The Kier molecular flexibility index (Phi) is 4.01. The van der Waals surface area contributed by atoms with Crippen molar-refractivity contribution < 1.29 is 4.79 Å². The van der Waals surface area contributed by atoms with Crippen molar-refractivity contribution in [3.05, 3.63) is 29.1 Å². The fourth-order valence-electron chi connectivity index (χ4n) is 1.42. The summed E-state index contributed by atoms with van der Waals surface area (Å²) in [5.41, 5.74) is 2.16. The zero-order valence-corrected chi connectivity index (χ0v) is 9.74. The highest BCUT2D eigenvalue weighted by atomic mass is 16.1. The average molecular weight is 217 g/mol. The molecular formula is C12H15N3O. The lowest BCUT2D eigenvalue weighted by Crippen LogP contribution is -2.32. The summed E-state index contributed by atoms with van der Waals surface area (Å²) < 4.78 is 0. The summed E-state index contributed by atoms with van der Waals surface area (Å²) in [5, 5.41) is 11.3. The molecule has 16 heavy (non-hydrogen) atoms. The van der Waals surface area contributed by atoms with Crippen LogP contribution in [0.3, 0.4) is 0 Å². The lowest BCUT2D eigenvalue weighted by molar-refractivity contribution is 0.0940. The maximum Gasteiger partial charge on any atom is 0.253 e. The van der Waals surface area contributed by atoms with E-state index < -0.39 is 0 Å². The van der Waals surface area contributed by atoms with Crippen molar-refractivity contribution in [3.8, 4) is 6.07 Å². The van der Waals surface area contributed by atoms with E-state index >= 15 is 0 Å². The molecule has 1 atom stereocenters. The molecule has 0 aliphatic heterocycles. The molecule has 1 aromatic heterocycles. The molecule has 1 aromatic rings. The summed E-state index contributed by atoms with van der Waals surface area (Å²) in [5.74, 6) is -0.173. The Morgan fingerprint density at radius 1 is 1.56 bits per heavy atom. The predicted octanol–water partition coefficient (Wildman–Crippen LogP) is 1.73. The monoisotopic (exact) mass is 217 g/mol. The molecule has 0 aliphatic rings. The average Bonchev–Trinajstić information content (AvgIpc) is 2.17. The fraction of sp³-hybridized carbons (Fsp3) is 0.417. The van der Waals surface area contributed by atoms with Gasteiger partial charge in [-0.15, -0.1) is 0 Å². The number of rotatable bonds is 3. The third kappa shape index (κ3) is 3.06. The van der Waals surface area contributed by atoms with Crippen LogP contribution in [-0.2, 0) is 0 Å². The third-order valence-electron chi connectivity index (χ3n) is 2.24. The fourth-order valence-corrected chi connectivity index (χ4v) is 1.42. The van der Waals surface area contributed by atoms with Crippen molar-refractivity contribution in [1.82, 2.24) is 10.3 Å². The Morgan fingerprint density at radius 2 is 2.25 bits per heavy atom. The minimum atomic E-state index is -0.173. The second-order valence-electron chi connectivity index (χ2n) is 3.82. The molecule has 1 rings (SSSR count). The van der Waals surface area contributed by atoms with E-state index in [1.807, 2.05) is 13.0 Å². The van der Waals surface area contributed by atoms with Gasteiger partial charge in [0.15, 0.2) is 0 Å².